The van der Waals surface area contributed by atoms with Gasteiger partial charge >= 0.3 is 6.03 Å². The molecule has 2 aromatic rings. The highest BCUT2D eigenvalue weighted by Crippen LogP contribution is 2.34. The van der Waals surface area contributed by atoms with E-state index in [1.165, 1.54) is 18.2 Å². The number of nitrogens with one attached hydrogen (secondary N) is 2. The highest BCUT2D eigenvalue weighted by Gasteiger charge is 2.35. The minimum Gasteiger partial charge on any atom is -0.506 e. The van der Waals surface area contributed by atoms with Crippen LogP contribution in [0, 0.1) is 15.9 Å². The molecule has 0 saturated carbocycles. The van der Waals surface area contributed by atoms with Crippen LogP contribution in [0.4, 0.5) is 20.6 Å². The molecule has 12 heteroatoms. The lowest BCUT2D eigenvalue weighted by atomic mass is 10.1. The van der Waals surface area contributed by atoms with Gasteiger partial charge in [-0.15, -0.1) is 0 Å². The monoisotopic (exact) mass is 478 g/mol. The van der Waals surface area contributed by atoms with Crippen molar-refractivity contribution in [3.63, 3.8) is 0 Å². The second kappa shape index (κ2) is 8.29. The molecule has 0 atom stereocenters. The number of non-ortho nitro benzene ring substituents is 1. The molecule has 4 amide bonds. The van der Waals surface area contributed by atoms with Crippen LogP contribution in [0.25, 0.3) is 6.08 Å². The summed E-state index contributed by atoms with van der Waals surface area (Å²) < 4.78 is 13.6. The predicted octanol–water partition coefficient (Wildman–Crippen LogP) is 2.73. The number of carbonyl (C=O) groups is 3. The number of urea groups is 1. The molecular formula is C18H12BrFN4O6. The van der Waals surface area contributed by atoms with Crippen molar-refractivity contribution in [2.75, 3.05) is 11.9 Å². The molecule has 3 N–H and O–H groups in total. The number of hydrogen-bond donors (Lipinski definition) is 3. The Labute approximate surface area is 176 Å². The Kier molecular flexibility index (Phi) is 5.78. The number of phenols is 1. The lowest BCUT2D eigenvalue weighted by Gasteiger charge is -2.12. The summed E-state index contributed by atoms with van der Waals surface area (Å²) in [5, 5.41) is 25.5. The second-order valence-electron chi connectivity index (χ2n) is 6.03. The first kappa shape index (κ1) is 20.9. The first-order valence-electron chi connectivity index (χ1n) is 8.23. The number of imide groups is 1. The first-order chi connectivity index (χ1) is 14.2. The molecule has 1 aliphatic heterocycles. The third-order valence-electron chi connectivity index (χ3n) is 4.00. The number of halogens is 2. The van der Waals surface area contributed by atoms with E-state index >= 15 is 0 Å². The smallest absolute Gasteiger partial charge is 0.329 e. The van der Waals surface area contributed by atoms with Crippen LogP contribution in [-0.2, 0) is 9.59 Å². The van der Waals surface area contributed by atoms with Gasteiger partial charge < -0.3 is 15.7 Å². The lowest BCUT2D eigenvalue weighted by Crippen LogP contribution is -2.38. The summed E-state index contributed by atoms with van der Waals surface area (Å²) in [6, 6.07) is 6.55. The van der Waals surface area contributed by atoms with Crippen LogP contribution in [0.5, 0.6) is 5.75 Å². The van der Waals surface area contributed by atoms with Crippen molar-refractivity contribution in [3.8, 4) is 5.75 Å². The number of amides is 4. The maximum atomic E-state index is 13.6. The molecule has 1 saturated heterocycles. The zero-order chi connectivity index (χ0) is 22.0. The third kappa shape index (κ3) is 4.27. The molecule has 3 rings (SSSR count). The summed E-state index contributed by atoms with van der Waals surface area (Å²) in [6.45, 7) is -0.693. The molecule has 0 bridgehead atoms. The SMILES string of the molecule is O=C(CN1C(=O)N/C(=C/c2cc([N+](=O)[O-])cc(Br)c2O)C1=O)Nc1ccccc1F. The van der Waals surface area contributed by atoms with E-state index in [2.05, 4.69) is 26.6 Å². The highest BCUT2D eigenvalue weighted by molar-refractivity contribution is 9.10. The number of rotatable bonds is 5. The number of nitro groups is 1. The van der Waals surface area contributed by atoms with Gasteiger partial charge in [0.2, 0.25) is 5.91 Å². The average molecular weight is 479 g/mol. The minimum atomic E-state index is -0.918. The molecule has 30 heavy (non-hydrogen) atoms. The van der Waals surface area contributed by atoms with Crippen LogP contribution in [0.15, 0.2) is 46.6 Å². The third-order valence-corrected chi connectivity index (χ3v) is 4.60. The molecule has 0 unspecified atom stereocenters. The molecule has 2 aromatic carbocycles. The molecule has 0 aliphatic carbocycles. The van der Waals surface area contributed by atoms with Crippen LogP contribution in [0.3, 0.4) is 0 Å². The van der Waals surface area contributed by atoms with Crippen molar-refractivity contribution in [1.29, 1.82) is 0 Å². The van der Waals surface area contributed by atoms with Crippen molar-refractivity contribution in [2.45, 2.75) is 0 Å². The maximum Gasteiger partial charge on any atom is 0.329 e. The van der Waals surface area contributed by atoms with E-state index in [-0.39, 0.29) is 32.9 Å². The van der Waals surface area contributed by atoms with Crippen molar-refractivity contribution in [1.82, 2.24) is 10.2 Å². The van der Waals surface area contributed by atoms with Crippen molar-refractivity contribution < 1.29 is 28.8 Å². The molecule has 1 aliphatic rings. The Morgan fingerprint density at radius 3 is 2.70 bits per heavy atom. The van der Waals surface area contributed by atoms with E-state index in [0.29, 0.717) is 4.90 Å². The molecule has 1 fully saturated rings. The summed E-state index contributed by atoms with van der Waals surface area (Å²) >= 11 is 2.97. The Morgan fingerprint density at radius 2 is 2.03 bits per heavy atom. The maximum absolute atomic E-state index is 13.6. The number of aromatic hydroxyl groups is 1. The fraction of sp³-hybridized carbons (Fsp3) is 0.0556. The molecule has 0 aromatic heterocycles. The van der Waals surface area contributed by atoms with Crippen LogP contribution < -0.4 is 10.6 Å². The van der Waals surface area contributed by atoms with Gasteiger partial charge in [0.15, 0.2) is 0 Å². The molecule has 0 spiro atoms. The summed E-state index contributed by atoms with van der Waals surface area (Å²) in [5.74, 6) is -2.78. The molecule has 1 heterocycles. The fourth-order valence-electron chi connectivity index (χ4n) is 2.59. The topological polar surface area (TPSA) is 142 Å². The van der Waals surface area contributed by atoms with Gasteiger partial charge in [0, 0.05) is 17.7 Å². The van der Waals surface area contributed by atoms with Crippen LogP contribution in [0.1, 0.15) is 5.56 Å². The van der Waals surface area contributed by atoms with Gasteiger partial charge in [-0.2, -0.15) is 0 Å². The Morgan fingerprint density at radius 1 is 1.33 bits per heavy atom. The number of nitrogens with zero attached hydrogens (tertiary/aromatic N) is 2. The zero-order valence-corrected chi connectivity index (χ0v) is 16.5. The van der Waals surface area contributed by atoms with Crippen molar-refractivity contribution in [3.05, 3.63) is 68.1 Å². The zero-order valence-electron chi connectivity index (χ0n) is 14.9. The molecule has 10 nitrogen and oxygen atoms in total. The largest absolute Gasteiger partial charge is 0.506 e. The highest BCUT2D eigenvalue weighted by atomic mass is 79.9. The van der Waals surface area contributed by atoms with Gasteiger partial charge in [-0.1, -0.05) is 12.1 Å². The lowest BCUT2D eigenvalue weighted by molar-refractivity contribution is -0.385. The van der Waals surface area contributed by atoms with E-state index in [1.54, 1.807) is 0 Å². The van der Waals surface area contributed by atoms with E-state index in [1.807, 2.05) is 0 Å². The van der Waals surface area contributed by atoms with Crippen LogP contribution in [-0.4, -0.2) is 39.3 Å². The number of benzene rings is 2. The Bertz CT molecular complexity index is 1120. The van der Waals surface area contributed by atoms with Crippen LogP contribution >= 0.6 is 15.9 Å². The number of carbonyl (C=O) groups excluding carboxylic acids is 3. The average Bonchev–Trinajstić information content (AvgIpc) is 2.94. The molecular weight excluding hydrogens is 467 g/mol. The van der Waals surface area contributed by atoms with Gasteiger partial charge in [0.1, 0.15) is 23.8 Å². The number of para-hydroxylation sites is 1. The normalized spacial score (nSPS) is 14.7. The number of anilines is 1. The molecule has 154 valence electrons. The predicted molar refractivity (Wildman–Crippen MR) is 106 cm³/mol. The van der Waals surface area contributed by atoms with E-state index < -0.39 is 35.1 Å². The van der Waals surface area contributed by atoms with E-state index in [4.69, 9.17) is 0 Å². The van der Waals surface area contributed by atoms with Gasteiger partial charge in [-0.05, 0) is 34.1 Å². The minimum absolute atomic E-state index is 0.0152. The summed E-state index contributed by atoms with van der Waals surface area (Å²) in [4.78, 5) is 47.5. The van der Waals surface area contributed by atoms with Gasteiger partial charge in [0.05, 0.1) is 15.1 Å². The van der Waals surface area contributed by atoms with Crippen LogP contribution in [0.2, 0.25) is 0 Å². The number of nitro benzene ring substituents is 1. The standard InChI is InChI=1S/C18H12BrFN4O6/c19-11-7-10(24(29)30)5-9(16(11)26)6-14-17(27)23(18(28)22-14)8-15(25)21-13-4-2-1-3-12(13)20/h1-7,26H,8H2,(H,21,25)(H,22,28)/b14-6+. The van der Waals surface area contributed by atoms with Gasteiger partial charge in [-0.3, -0.25) is 19.7 Å². The summed E-state index contributed by atoms with van der Waals surface area (Å²) in [7, 11) is 0. The summed E-state index contributed by atoms with van der Waals surface area (Å²) in [6.07, 6.45) is 1.04. The fourth-order valence-corrected chi connectivity index (χ4v) is 3.05. The van der Waals surface area contributed by atoms with Crippen molar-refractivity contribution >= 4 is 51.2 Å². The Hall–Kier alpha value is -3.80. The number of hydrogen-bond acceptors (Lipinski definition) is 6. The van der Waals surface area contributed by atoms with Gasteiger partial charge in [-0.25, -0.2) is 14.1 Å². The van der Waals surface area contributed by atoms with E-state index in [9.17, 15) is 34.0 Å². The summed E-state index contributed by atoms with van der Waals surface area (Å²) in [5.41, 5.74) is -0.875. The van der Waals surface area contributed by atoms with E-state index in [0.717, 1.165) is 24.3 Å². The van der Waals surface area contributed by atoms with Gasteiger partial charge in [0.25, 0.3) is 11.6 Å². The number of phenolic OH excluding ortho intramolecular Hbond substituents is 1. The Balaban J connectivity index is 1.80. The first-order valence-corrected chi connectivity index (χ1v) is 9.02. The quantitative estimate of drug-likeness (QED) is 0.261. The second-order valence-corrected chi connectivity index (χ2v) is 6.88. The van der Waals surface area contributed by atoms with Crippen molar-refractivity contribution in [2.24, 2.45) is 0 Å². The molecule has 0 radical (unpaired) electrons.